The van der Waals surface area contributed by atoms with Gasteiger partial charge in [0.25, 0.3) is 0 Å². The smallest absolute Gasteiger partial charge is 0.336 e. The molecule has 0 aliphatic carbocycles. The summed E-state index contributed by atoms with van der Waals surface area (Å²) in [6, 6.07) is 6.87. The van der Waals surface area contributed by atoms with Crippen LogP contribution in [-0.4, -0.2) is 22.1 Å². The van der Waals surface area contributed by atoms with Crippen molar-refractivity contribution in [3.8, 4) is 5.75 Å². The summed E-state index contributed by atoms with van der Waals surface area (Å²) in [6.07, 6.45) is 0. The molecule has 1 saturated heterocycles. The summed E-state index contributed by atoms with van der Waals surface area (Å²) in [5.74, 6) is 0.737. The molecule has 0 saturated carbocycles. The third kappa shape index (κ3) is 2.28. The Hall–Kier alpha value is -1.11. The fourth-order valence-electron chi connectivity index (χ4n) is 1.40. The SMILES string of the molecule is COc1ccc(C2COS(=O)(=O)N2)cc1. The second-order valence-corrected chi connectivity index (χ2v) is 4.56. The summed E-state index contributed by atoms with van der Waals surface area (Å²) in [6.45, 7) is 0.134. The molecule has 82 valence electrons. The molecule has 1 N–H and O–H groups in total. The second kappa shape index (κ2) is 3.80. The van der Waals surface area contributed by atoms with Gasteiger partial charge in [0.1, 0.15) is 5.75 Å². The third-order valence-electron chi connectivity index (χ3n) is 2.19. The van der Waals surface area contributed by atoms with Crippen LogP contribution in [0.5, 0.6) is 5.75 Å². The molecule has 5 nitrogen and oxygen atoms in total. The highest BCUT2D eigenvalue weighted by atomic mass is 32.2. The van der Waals surface area contributed by atoms with Crippen LogP contribution >= 0.6 is 0 Å². The topological polar surface area (TPSA) is 64.6 Å². The van der Waals surface area contributed by atoms with Gasteiger partial charge in [0.05, 0.1) is 19.8 Å². The highest BCUT2D eigenvalue weighted by Gasteiger charge is 2.28. The van der Waals surface area contributed by atoms with Crippen molar-refractivity contribution in [2.75, 3.05) is 13.7 Å². The minimum absolute atomic E-state index is 0.134. The van der Waals surface area contributed by atoms with Gasteiger partial charge in [-0.2, -0.15) is 13.1 Å². The Labute approximate surface area is 88.3 Å². The Balaban J connectivity index is 2.17. The molecule has 1 aliphatic rings. The van der Waals surface area contributed by atoms with E-state index in [9.17, 15) is 8.42 Å². The largest absolute Gasteiger partial charge is 0.497 e. The first-order valence-corrected chi connectivity index (χ1v) is 5.82. The van der Waals surface area contributed by atoms with Crippen LogP contribution in [0.1, 0.15) is 11.6 Å². The number of hydrogen-bond donors (Lipinski definition) is 1. The van der Waals surface area contributed by atoms with Crippen LogP contribution in [0.3, 0.4) is 0 Å². The summed E-state index contributed by atoms with van der Waals surface area (Å²) in [5.41, 5.74) is 0.858. The molecule has 0 aromatic heterocycles. The molecule has 0 bridgehead atoms. The van der Waals surface area contributed by atoms with Gasteiger partial charge in [0.15, 0.2) is 0 Å². The van der Waals surface area contributed by atoms with Gasteiger partial charge in [-0.15, -0.1) is 0 Å². The van der Waals surface area contributed by atoms with Crippen LogP contribution in [0.25, 0.3) is 0 Å². The van der Waals surface area contributed by atoms with Gasteiger partial charge in [-0.3, -0.25) is 4.18 Å². The van der Waals surface area contributed by atoms with Crippen molar-refractivity contribution in [1.29, 1.82) is 0 Å². The fraction of sp³-hybridized carbons (Fsp3) is 0.333. The van der Waals surface area contributed by atoms with Crippen LogP contribution in [0.15, 0.2) is 24.3 Å². The Kier molecular flexibility index (Phi) is 2.64. The third-order valence-corrected chi connectivity index (χ3v) is 3.21. The van der Waals surface area contributed by atoms with E-state index in [4.69, 9.17) is 4.74 Å². The molecule has 6 heteroatoms. The van der Waals surface area contributed by atoms with Crippen LogP contribution < -0.4 is 9.46 Å². The molecule has 15 heavy (non-hydrogen) atoms. The average Bonchev–Trinajstić information content (AvgIpc) is 2.59. The molecule has 1 aromatic rings. The number of benzene rings is 1. The Morgan fingerprint density at radius 1 is 1.40 bits per heavy atom. The number of hydrogen-bond acceptors (Lipinski definition) is 4. The highest BCUT2D eigenvalue weighted by molar-refractivity contribution is 7.84. The number of methoxy groups -OCH3 is 1. The van der Waals surface area contributed by atoms with E-state index in [0.29, 0.717) is 0 Å². The van der Waals surface area contributed by atoms with E-state index >= 15 is 0 Å². The first-order chi connectivity index (χ1) is 7.11. The first kappa shape index (κ1) is 10.4. The molecule has 0 amide bonds. The molecule has 1 aromatic carbocycles. The molecular formula is C9H11NO4S. The zero-order chi connectivity index (χ0) is 10.9. The number of ether oxygens (including phenoxy) is 1. The lowest BCUT2D eigenvalue weighted by atomic mass is 10.1. The second-order valence-electron chi connectivity index (χ2n) is 3.18. The Morgan fingerprint density at radius 2 is 2.07 bits per heavy atom. The van der Waals surface area contributed by atoms with Gasteiger partial charge in [0.2, 0.25) is 0 Å². The predicted molar refractivity (Wildman–Crippen MR) is 53.7 cm³/mol. The van der Waals surface area contributed by atoms with Crippen molar-refractivity contribution in [2.24, 2.45) is 0 Å². The molecule has 1 fully saturated rings. The van der Waals surface area contributed by atoms with Crippen molar-refractivity contribution >= 4 is 10.3 Å². The minimum Gasteiger partial charge on any atom is -0.497 e. The summed E-state index contributed by atoms with van der Waals surface area (Å²) in [4.78, 5) is 0. The summed E-state index contributed by atoms with van der Waals surface area (Å²) < 4.78 is 33.9. The van der Waals surface area contributed by atoms with Gasteiger partial charge >= 0.3 is 10.3 Å². The van der Waals surface area contributed by atoms with Crippen LogP contribution in [0.4, 0.5) is 0 Å². The van der Waals surface area contributed by atoms with E-state index in [2.05, 4.69) is 8.91 Å². The molecule has 1 atom stereocenters. The standard InChI is InChI=1S/C9H11NO4S/c1-13-8-4-2-7(3-5-8)9-6-14-15(11,12)10-9/h2-5,9-10H,6H2,1H3. The lowest BCUT2D eigenvalue weighted by Gasteiger charge is -2.07. The summed E-state index contributed by atoms with van der Waals surface area (Å²) >= 11 is 0. The normalized spacial score (nSPS) is 23.9. The van der Waals surface area contributed by atoms with Crippen LogP contribution in [-0.2, 0) is 14.5 Å². The van der Waals surface area contributed by atoms with E-state index in [1.807, 2.05) is 0 Å². The molecule has 1 unspecified atom stereocenters. The predicted octanol–water partition coefficient (Wildman–Crippen LogP) is 0.601. The number of nitrogens with one attached hydrogen (secondary N) is 1. The van der Waals surface area contributed by atoms with Gasteiger partial charge in [-0.1, -0.05) is 12.1 Å². The van der Waals surface area contributed by atoms with Crippen molar-refractivity contribution < 1.29 is 17.3 Å². The van der Waals surface area contributed by atoms with E-state index in [0.717, 1.165) is 11.3 Å². The molecule has 0 radical (unpaired) electrons. The van der Waals surface area contributed by atoms with Crippen molar-refractivity contribution in [1.82, 2.24) is 4.72 Å². The van der Waals surface area contributed by atoms with Gasteiger partial charge < -0.3 is 4.74 Å². The van der Waals surface area contributed by atoms with E-state index < -0.39 is 10.3 Å². The zero-order valence-corrected chi connectivity index (χ0v) is 8.95. The minimum atomic E-state index is -3.54. The summed E-state index contributed by atoms with van der Waals surface area (Å²) in [5, 5.41) is 0. The average molecular weight is 229 g/mol. The fourth-order valence-corrected chi connectivity index (χ4v) is 2.34. The zero-order valence-electron chi connectivity index (χ0n) is 8.14. The van der Waals surface area contributed by atoms with Crippen molar-refractivity contribution in [2.45, 2.75) is 6.04 Å². The molecular weight excluding hydrogens is 218 g/mol. The summed E-state index contributed by atoms with van der Waals surface area (Å²) in [7, 11) is -1.96. The van der Waals surface area contributed by atoms with Crippen molar-refractivity contribution in [3.63, 3.8) is 0 Å². The maximum Gasteiger partial charge on any atom is 0.336 e. The van der Waals surface area contributed by atoms with E-state index in [1.54, 1.807) is 31.4 Å². The maximum atomic E-state index is 11.0. The molecule has 1 aliphatic heterocycles. The Morgan fingerprint density at radius 3 is 2.53 bits per heavy atom. The monoisotopic (exact) mass is 229 g/mol. The van der Waals surface area contributed by atoms with E-state index in [1.165, 1.54) is 0 Å². The molecule has 0 spiro atoms. The number of rotatable bonds is 2. The first-order valence-electron chi connectivity index (χ1n) is 4.41. The lowest BCUT2D eigenvalue weighted by Crippen LogP contribution is -2.19. The van der Waals surface area contributed by atoms with Crippen LogP contribution in [0, 0.1) is 0 Å². The van der Waals surface area contributed by atoms with E-state index in [-0.39, 0.29) is 12.6 Å². The highest BCUT2D eigenvalue weighted by Crippen LogP contribution is 2.22. The Bertz CT molecular complexity index is 440. The quantitative estimate of drug-likeness (QED) is 0.806. The van der Waals surface area contributed by atoms with Crippen molar-refractivity contribution in [3.05, 3.63) is 29.8 Å². The molecule has 2 rings (SSSR count). The van der Waals surface area contributed by atoms with Gasteiger partial charge in [-0.05, 0) is 17.7 Å². The lowest BCUT2D eigenvalue weighted by molar-refractivity contribution is 0.338. The van der Waals surface area contributed by atoms with Gasteiger partial charge in [0, 0.05) is 0 Å². The maximum absolute atomic E-state index is 11.0. The van der Waals surface area contributed by atoms with Crippen LogP contribution in [0.2, 0.25) is 0 Å². The van der Waals surface area contributed by atoms with Gasteiger partial charge in [-0.25, -0.2) is 0 Å². The molecule has 1 heterocycles.